The van der Waals surface area contributed by atoms with Crippen molar-refractivity contribution in [1.29, 1.82) is 0 Å². The highest BCUT2D eigenvalue weighted by molar-refractivity contribution is 5.37. The van der Waals surface area contributed by atoms with Gasteiger partial charge in [0.1, 0.15) is 0 Å². The fraction of sp³-hybridized carbons (Fsp3) is 0.231. The fourth-order valence-corrected chi connectivity index (χ4v) is 1.97. The summed E-state index contributed by atoms with van der Waals surface area (Å²) in [7, 11) is 0. The zero-order valence-corrected chi connectivity index (χ0v) is 9.04. The molecule has 0 N–H and O–H groups in total. The number of allylic oxidation sites excluding steroid dienone is 2. The van der Waals surface area contributed by atoms with E-state index >= 15 is 0 Å². The van der Waals surface area contributed by atoms with Crippen LogP contribution in [0.4, 0.5) is 0 Å². The molecule has 0 saturated heterocycles. The molecule has 0 bridgehead atoms. The first kappa shape index (κ1) is 10.6. The molecular formula is C13H13NO2. The van der Waals surface area contributed by atoms with Crippen LogP contribution < -0.4 is 0 Å². The van der Waals surface area contributed by atoms with Crippen molar-refractivity contribution in [2.24, 2.45) is 0 Å². The Morgan fingerprint density at radius 3 is 2.44 bits per heavy atom. The molecule has 0 saturated carbocycles. The summed E-state index contributed by atoms with van der Waals surface area (Å²) in [5.74, 6) is 0.178. The highest BCUT2D eigenvalue weighted by Gasteiger charge is 2.22. The lowest BCUT2D eigenvalue weighted by Crippen LogP contribution is -2.18. The lowest BCUT2D eigenvalue weighted by Gasteiger charge is -2.18. The van der Waals surface area contributed by atoms with Crippen LogP contribution in [-0.4, -0.2) is 11.0 Å². The molecular weight excluding hydrogens is 202 g/mol. The minimum absolute atomic E-state index is 0.178. The van der Waals surface area contributed by atoms with Crippen molar-refractivity contribution in [1.82, 2.24) is 0 Å². The van der Waals surface area contributed by atoms with Gasteiger partial charge in [0.15, 0.2) is 0 Å². The van der Waals surface area contributed by atoms with Crippen molar-refractivity contribution in [3.63, 3.8) is 0 Å². The largest absolute Gasteiger partial charge is 0.264 e. The van der Waals surface area contributed by atoms with Gasteiger partial charge in [-0.15, -0.1) is 0 Å². The van der Waals surface area contributed by atoms with Crippen LogP contribution in [0.2, 0.25) is 0 Å². The molecule has 1 aromatic carbocycles. The van der Waals surface area contributed by atoms with Gasteiger partial charge >= 0.3 is 0 Å². The lowest BCUT2D eigenvalue weighted by molar-refractivity contribution is -0.496. The topological polar surface area (TPSA) is 43.1 Å². The average Bonchev–Trinajstić information content (AvgIpc) is 2.30. The summed E-state index contributed by atoms with van der Waals surface area (Å²) in [6, 6.07) is 9.35. The number of benzene rings is 1. The van der Waals surface area contributed by atoms with Gasteiger partial charge in [0.05, 0.1) is 0 Å². The smallest absolute Gasteiger partial charge is 0.249 e. The molecule has 1 aromatic rings. The van der Waals surface area contributed by atoms with Gasteiger partial charge in [0.2, 0.25) is 6.04 Å². The maximum absolute atomic E-state index is 10.7. The van der Waals surface area contributed by atoms with Crippen molar-refractivity contribution in [3.05, 3.63) is 69.8 Å². The quantitative estimate of drug-likeness (QED) is 0.432. The van der Waals surface area contributed by atoms with Gasteiger partial charge in [-0.2, -0.15) is 0 Å². The summed E-state index contributed by atoms with van der Waals surface area (Å²) in [5, 5.41) is 10.7. The molecule has 2 atom stereocenters. The van der Waals surface area contributed by atoms with E-state index in [0.717, 1.165) is 5.57 Å². The molecule has 0 fully saturated rings. The van der Waals surface area contributed by atoms with Crippen LogP contribution in [0.3, 0.4) is 0 Å². The monoisotopic (exact) mass is 215 g/mol. The summed E-state index contributed by atoms with van der Waals surface area (Å²) in [5.41, 5.74) is 2.21. The van der Waals surface area contributed by atoms with Crippen LogP contribution in [0.5, 0.6) is 0 Å². The third-order valence-electron chi connectivity index (χ3n) is 2.83. The van der Waals surface area contributed by atoms with Gasteiger partial charge in [0.25, 0.3) is 0 Å². The molecule has 0 radical (unpaired) electrons. The van der Waals surface area contributed by atoms with Gasteiger partial charge in [-0.05, 0) is 24.6 Å². The third kappa shape index (κ3) is 2.03. The van der Waals surface area contributed by atoms with Gasteiger partial charge in [-0.1, -0.05) is 42.0 Å². The Balaban J connectivity index is 2.26. The lowest BCUT2D eigenvalue weighted by atomic mass is 9.87. The van der Waals surface area contributed by atoms with E-state index in [2.05, 4.69) is 0 Å². The molecule has 3 heteroatoms. The van der Waals surface area contributed by atoms with Gasteiger partial charge in [-0.25, -0.2) is 0 Å². The second-order valence-corrected chi connectivity index (χ2v) is 3.96. The summed E-state index contributed by atoms with van der Waals surface area (Å²) in [6.45, 7) is 1.94. The molecule has 0 aliphatic heterocycles. The Hall–Kier alpha value is -1.90. The van der Waals surface area contributed by atoms with Crippen molar-refractivity contribution >= 4 is 0 Å². The molecule has 0 heterocycles. The third-order valence-corrected chi connectivity index (χ3v) is 2.83. The molecule has 2 unspecified atom stereocenters. The zero-order valence-electron chi connectivity index (χ0n) is 9.04. The van der Waals surface area contributed by atoms with E-state index < -0.39 is 6.04 Å². The SMILES string of the molecule is CC1=CC([N+](=O)[O-])C=CC1c1ccccc1. The standard InChI is InChI=1S/C13H13NO2/c1-10-9-12(14(15)16)7-8-13(10)11-5-3-2-4-6-11/h2-9,12-13H,1H3. The summed E-state index contributed by atoms with van der Waals surface area (Å²) >= 11 is 0. The summed E-state index contributed by atoms with van der Waals surface area (Å²) in [4.78, 5) is 10.4. The highest BCUT2D eigenvalue weighted by atomic mass is 16.6. The second-order valence-electron chi connectivity index (χ2n) is 3.96. The van der Waals surface area contributed by atoms with E-state index in [4.69, 9.17) is 0 Å². The van der Waals surface area contributed by atoms with Crippen molar-refractivity contribution in [2.75, 3.05) is 0 Å². The number of hydrogen-bond donors (Lipinski definition) is 0. The maximum Gasteiger partial charge on any atom is 0.249 e. The van der Waals surface area contributed by atoms with Gasteiger partial charge in [-0.3, -0.25) is 10.1 Å². The van der Waals surface area contributed by atoms with Crippen molar-refractivity contribution in [2.45, 2.75) is 18.9 Å². The number of rotatable bonds is 2. The second kappa shape index (κ2) is 4.31. The van der Waals surface area contributed by atoms with E-state index in [1.165, 1.54) is 5.56 Å². The Bertz CT molecular complexity index is 448. The van der Waals surface area contributed by atoms with Gasteiger partial charge in [0, 0.05) is 10.8 Å². The number of hydrogen-bond acceptors (Lipinski definition) is 2. The molecule has 1 aliphatic carbocycles. The minimum atomic E-state index is -0.667. The van der Waals surface area contributed by atoms with Crippen LogP contribution in [0.15, 0.2) is 54.1 Å². The Morgan fingerprint density at radius 1 is 1.19 bits per heavy atom. The molecule has 3 nitrogen and oxygen atoms in total. The Labute approximate surface area is 94.3 Å². The molecule has 82 valence electrons. The number of nitrogens with zero attached hydrogens (tertiary/aromatic N) is 1. The predicted molar refractivity (Wildman–Crippen MR) is 62.9 cm³/mol. The van der Waals surface area contributed by atoms with Gasteiger partial charge < -0.3 is 0 Å². The number of nitro groups is 1. The maximum atomic E-state index is 10.7. The van der Waals surface area contributed by atoms with Crippen LogP contribution >= 0.6 is 0 Å². The minimum Gasteiger partial charge on any atom is -0.264 e. The molecule has 0 aromatic heterocycles. The molecule has 16 heavy (non-hydrogen) atoms. The molecule has 1 aliphatic rings. The Kier molecular flexibility index (Phi) is 2.86. The first-order valence-corrected chi connectivity index (χ1v) is 5.23. The highest BCUT2D eigenvalue weighted by Crippen LogP contribution is 2.29. The van der Waals surface area contributed by atoms with E-state index in [1.807, 2.05) is 43.3 Å². The van der Waals surface area contributed by atoms with E-state index in [0.29, 0.717) is 0 Å². The van der Waals surface area contributed by atoms with Crippen molar-refractivity contribution < 1.29 is 4.92 Å². The zero-order chi connectivity index (χ0) is 11.5. The van der Waals surface area contributed by atoms with E-state index in [9.17, 15) is 10.1 Å². The molecule has 2 rings (SSSR count). The summed E-state index contributed by atoms with van der Waals surface area (Å²) in [6.07, 6.45) is 5.29. The fourth-order valence-electron chi connectivity index (χ4n) is 1.97. The summed E-state index contributed by atoms with van der Waals surface area (Å²) < 4.78 is 0. The molecule has 0 amide bonds. The normalized spacial score (nSPS) is 23.9. The van der Waals surface area contributed by atoms with Crippen LogP contribution in [0, 0.1) is 10.1 Å². The average molecular weight is 215 g/mol. The van der Waals surface area contributed by atoms with Crippen LogP contribution in [-0.2, 0) is 0 Å². The Morgan fingerprint density at radius 2 is 1.88 bits per heavy atom. The van der Waals surface area contributed by atoms with Crippen LogP contribution in [0.25, 0.3) is 0 Å². The first-order valence-electron chi connectivity index (χ1n) is 5.23. The first-order chi connectivity index (χ1) is 7.68. The molecule has 0 spiro atoms. The van der Waals surface area contributed by atoms with E-state index in [-0.39, 0.29) is 10.8 Å². The van der Waals surface area contributed by atoms with Crippen molar-refractivity contribution in [3.8, 4) is 0 Å². The van der Waals surface area contributed by atoms with E-state index in [1.54, 1.807) is 12.2 Å². The predicted octanol–water partition coefficient (Wildman–Crippen LogP) is 2.93. The van der Waals surface area contributed by atoms with Crippen LogP contribution in [0.1, 0.15) is 18.4 Å².